The van der Waals surface area contributed by atoms with Gasteiger partial charge in [-0.15, -0.1) is 0 Å². The Labute approximate surface area is 301 Å². The molecule has 0 atom stereocenters. The highest BCUT2D eigenvalue weighted by atomic mass is 15.4. The van der Waals surface area contributed by atoms with Crippen LogP contribution in [0.15, 0.2) is 6.33 Å². The summed E-state index contributed by atoms with van der Waals surface area (Å²) in [4.78, 5) is 20.2. The van der Waals surface area contributed by atoms with Crippen LogP contribution in [-0.4, -0.2) is 85.9 Å². The number of aromatic nitrogens is 3. The van der Waals surface area contributed by atoms with Crippen LogP contribution in [0, 0.1) is 0 Å². The Bertz CT molecular complexity index is 1140. The molecule has 0 radical (unpaired) electrons. The smallest absolute Gasteiger partial charge is 0.230 e. The number of rotatable bonds is 15. The first kappa shape index (κ1) is 40.2. The zero-order chi connectivity index (χ0) is 36.3. The third kappa shape index (κ3) is 12.3. The first-order valence-corrected chi connectivity index (χ1v) is 19.9. The SMILES string of the molecule is CCCCN(c1ncnc(N(CCCCCCNC2CC(C)(C)NC(C)(C)C2)C2CC(C)(C)NC(C)(C)C2)n1)C1CC(C)(C)NC(C)(C)C1. The molecule has 3 saturated heterocycles. The average Bonchev–Trinajstić information content (AvgIpc) is 2.90. The van der Waals surface area contributed by atoms with Crippen LogP contribution < -0.4 is 31.1 Å². The normalized spacial score (nSPS) is 24.8. The molecule has 0 aliphatic carbocycles. The van der Waals surface area contributed by atoms with Crippen LogP contribution in [0.1, 0.15) is 167 Å². The molecule has 4 rings (SSSR count). The van der Waals surface area contributed by atoms with Crippen molar-refractivity contribution in [3.8, 4) is 0 Å². The quantitative estimate of drug-likeness (QED) is 0.142. The van der Waals surface area contributed by atoms with Crippen LogP contribution in [-0.2, 0) is 0 Å². The van der Waals surface area contributed by atoms with Gasteiger partial charge in [-0.3, -0.25) is 0 Å². The van der Waals surface area contributed by atoms with Crippen LogP contribution in [0.3, 0.4) is 0 Å². The number of anilines is 2. The van der Waals surface area contributed by atoms with Crippen LogP contribution in [0.5, 0.6) is 0 Å². The number of piperidine rings is 3. The van der Waals surface area contributed by atoms with Gasteiger partial charge in [-0.05, 0) is 147 Å². The molecule has 1 aromatic rings. The number of hydrogen-bond donors (Lipinski definition) is 4. The third-order valence-corrected chi connectivity index (χ3v) is 11.0. The highest BCUT2D eigenvalue weighted by molar-refractivity contribution is 5.41. The Morgan fingerprint density at radius 2 is 0.959 bits per heavy atom. The minimum absolute atomic E-state index is 0.0450. The lowest BCUT2D eigenvalue weighted by atomic mass is 9.79. The van der Waals surface area contributed by atoms with Gasteiger partial charge in [0.25, 0.3) is 0 Å². The van der Waals surface area contributed by atoms with Crippen molar-refractivity contribution in [3.63, 3.8) is 0 Å². The fourth-order valence-electron chi connectivity index (χ4n) is 10.3. The average molecular weight is 684 g/mol. The lowest BCUT2D eigenvalue weighted by Crippen LogP contribution is -2.63. The van der Waals surface area contributed by atoms with Crippen molar-refractivity contribution in [2.24, 2.45) is 0 Å². The van der Waals surface area contributed by atoms with E-state index in [1.54, 1.807) is 6.33 Å². The van der Waals surface area contributed by atoms with E-state index in [4.69, 9.17) is 15.0 Å². The van der Waals surface area contributed by atoms with Crippen molar-refractivity contribution in [1.82, 2.24) is 36.2 Å². The summed E-state index contributed by atoms with van der Waals surface area (Å²) in [6.07, 6.45) is 15.6. The predicted molar refractivity (Wildman–Crippen MR) is 209 cm³/mol. The maximum atomic E-state index is 5.34. The summed E-state index contributed by atoms with van der Waals surface area (Å²) in [5, 5.41) is 15.5. The minimum atomic E-state index is 0.0450. The van der Waals surface area contributed by atoms with E-state index in [2.05, 4.69) is 121 Å². The Hall–Kier alpha value is -1.55. The van der Waals surface area contributed by atoms with Gasteiger partial charge in [0, 0.05) is 64.4 Å². The monoisotopic (exact) mass is 684 g/mol. The fraction of sp³-hybridized carbons (Fsp3) is 0.925. The van der Waals surface area contributed by atoms with Crippen molar-refractivity contribution in [2.75, 3.05) is 29.4 Å². The highest BCUT2D eigenvalue weighted by Gasteiger charge is 2.43. The summed E-state index contributed by atoms with van der Waals surface area (Å²) in [7, 11) is 0. The molecule has 3 aliphatic rings. The van der Waals surface area contributed by atoms with Crippen LogP contribution in [0.4, 0.5) is 11.9 Å². The van der Waals surface area contributed by atoms with E-state index >= 15 is 0 Å². The summed E-state index contributed by atoms with van der Waals surface area (Å²) in [6.45, 7) is 33.4. The van der Waals surface area contributed by atoms with E-state index < -0.39 is 0 Å². The predicted octanol–water partition coefficient (Wildman–Crippen LogP) is 7.36. The largest absolute Gasteiger partial charge is 0.338 e. The van der Waals surface area contributed by atoms with Crippen molar-refractivity contribution in [1.29, 1.82) is 0 Å². The number of nitrogens with one attached hydrogen (secondary N) is 4. The second-order valence-electron chi connectivity index (χ2n) is 20.1. The minimum Gasteiger partial charge on any atom is -0.338 e. The fourth-order valence-corrected chi connectivity index (χ4v) is 10.3. The molecular weight excluding hydrogens is 607 g/mol. The Morgan fingerprint density at radius 3 is 1.39 bits per heavy atom. The van der Waals surface area contributed by atoms with Gasteiger partial charge < -0.3 is 31.1 Å². The van der Waals surface area contributed by atoms with Crippen molar-refractivity contribution < 1.29 is 0 Å². The molecule has 0 bridgehead atoms. The van der Waals surface area contributed by atoms with E-state index in [1.807, 2.05) is 0 Å². The molecule has 0 unspecified atom stereocenters. The molecule has 3 fully saturated rings. The molecule has 4 N–H and O–H groups in total. The van der Waals surface area contributed by atoms with Gasteiger partial charge in [-0.2, -0.15) is 4.98 Å². The van der Waals surface area contributed by atoms with Crippen LogP contribution in [0.2, 0.25) is 0 Å². The van der Waals surface area contributed by atoms with Crippen LogP contribution >= 0.6 is 0 Å². The van der Waals surface area contributed by atoms with Gasteiger partial charge in [0.15, 0.2) is 0 Å². The lowest BCUT2D eigenvalue weighted by molar-refractivity contribution is 0.146. The third-order valence-electron chi connectivity index (χ3n) is 11.0. The molecule has 9 nitrogen and oxygen atoms in total. The summed E-state index contributed by atoms with van der Waals surface area (Å²) in [5.41, 5.74) is 0.572. The zero-order valence-corrected chi connectivity index (χ0v) is 34.2. The first-order chi connectivity index (χ1) is 22.6. The molecule has 3 aliphatic heterocycles. The zero-order valence-electron chi connectivity index (χ0n) is 34.2. The van der Waals surface area contributed by atoms with Crippen molar-refractivity contribution in [3.05, 3.63) is 6.33 Å². The van der Waals surface area contributed by atoms with Gasteiger partial charge in [0.05, 0.1) is 0 Å². The van der Waals surface area contributed by atoms with Crippen molar-refractivity contribution >= 4 is 11.9 Å². The van der Waals surface area contributed by atoms with Gasteiger partial charge in [-0.1, -0.05) is 26.2 Å². The number of nitrogens with zero attached hydrogens (tertiary/aromatic N) is 5. The van der Waals surface area contributed by atoms with Crippen molar-refractivity contribution in [2.45, 2.75) is 218 Å². The van der Waals surface area contributed by atoms with E-state index in [0.29, 0.717) is 18.1 Å². The molecular formula is C40H77N9. The van der Waals surface area contributed by atoms with Gasteiger partial charge >= 0.3 is 0 Å². The molecule has 0 aromatic carbocycles. The van der Waals surface area contributed by atoms with E-state index in [0.717, 1.165) is 76.5 Å². The van der Waals surface area contributed by atoms with Gasteiger partial charge in [0.2, 0.25) is 11.9 Å². The highest BCUT2D eigenvalue weighted by Crippen LogP contribution is 2.36. The standard InChI is InChI=1S/C40H77N9/c1-14-15-21-48(31-25-37(6,7)46-38(8,9)26-31)33-42-29-43-34(44-33)49(32-27-39(10,11)47-40(12,13)28-32)22-19-17-16-18-20-41-30-23-35(2,3)45-36(4,5)24-30/h29-32,41,45-47H,14-28H2,1-13H3. The molecule has 1 aromatic heterocycles. The maximum Gasteiger partial charge on any atom is 0.230 e. The molecule has 0 amide bonds. The second kappa shape index (κ2) is 15.6. The van der Waals surface area contributed by atoms with E-state index in [1.165, 1.54) is 32.1 Å². The number of unbranched alkanes of at least 4 members (excludes halogenated alkanes) is 4. The molecule has 4 heterocycles. The molecule has 0 saturated carbocycles. The van der Waals surface area contributed by atoms with E-state index in [-0.39, 0.29) is 33.2 Å². The Kier molecular flexibility index (Phi) is 12.8. The van der Waals surface area contributed by atoms with Gasteiger partial charge in [0.1, 0.15) is 6.33 Å². The molecule has 282 valence electrons. The Balaban J connectivity index is 1.46. The topological polar surface area (TPSA) is 93.3 Å². The molecule has 9 heteroatoms. The summed E-state index contributed by atoms with van der Waals surface area (Å²) in [6, 6.07) is 1.34. The summed E-state index contributed by atoms with van der Waals surface area (Å²) >= 11 is 0. The summed E-state index contributed by atoms with van der Waals surface area (Å²) < 4.78 is 0. The maximum absolute atomic E-state index is 5.34. The molecule has 0 spiro atoms. The lowest BCUT2D eigenvalue weighted by Gasteiger charge is -2.50. The summed E-state index contributed by atoms with van der Waals surface area (Å²) in [5.74, 6) is 1.71. The van der Waals surface area contributed by atoms with Crippen LogP contribution in [0.25, 0.3) is 0 Å². The molecule has 49 heavy (non-hydrogen) atoms. The van der Waals surface area contributed by atoms with Gasteiger partial charge in [-0.25, -0.2) is 9.97 Å². The van der Waals surface area contributed by atoms with E-state index in [9.17, 15) is 0 Å². The second-order valence-corrected chi connectivity index (χ2v) is 20.1. The Morgan fingerprint density at radius 1 is 0.571 bits per heavy atom. The number of hydrogen-bond acceptors (Lipinski definition) is 9. The first-order valence-electron chi connectivity index (χ1n) is 19.9.